The zero-order chi connectivity index (χ0) is 13.3. The van der Waals surface area contributed by atoms with E-state index in [4.69, 9.17) is 11.6 Å². The highest BCUT2D eigenvalue weighted by molar-refractivity contribution is 6.28. The van der Waals surface area contributed by atoms with E-state index >= 15 is 0 Å². The van der Waals surface area contributed by atoms with Crippen molar-refractivity contribution in [2.75, 3.05) is 0 Å². The number of hydrogen-bond donors (Lipinski definition) is 0. The summed E-state index contributed by atoms with van der Waals surface area (Å²) in [6.07, 6.45) is 0.953. The van der Waals surface area contributed by atoms with Gasteiger partial charge < -0.3 is 0 Å². The molecule has 2 aromatic rings. The van der Waals surface area contributed by atoms with E-state index in [1.54, 1.807) is 0 Å². The van der Waals surface area contributed by atoms with Gasteiger partial charge in [-0.15, -0.1) is 10.2 Å². The second-order valence-corrected chi connectivity index (χ2v) is 5.70. The normalized spacial score (nSPS) is 11.8. The topological polar surface area (TPSA) is 30.7 Å². The van der Waals surface area contributed by atoms with Crippen LogP contribution in [0, 0.1) is 0 Å². The molecule has 1 aromatic carbocycles. The Labute approximate surface area is 113 Å². The number of rotatable bonds is 2. The van der Waals surface area contributed by atoms with E-state index in [0.29, 0.717) is 5.28 Å². The van der Waals surface area contributed by atoms with Crippen LogP contribution in [0.2, 0.25) is 5.28 Å². The first kappa shape index (κ1) is 13.1. The van der Waals surface area contributed by atoms with E-state index < -0.39 is 0 Å². The van der Waals surface area contributed by atoms with Crippen LogP contribution in [-0.2, 0) is 11.8 Å². The largest absolute Gasteiger partial charge is 0.269 e. The van der Waals surface area contributed by atoms with E-state index in [1.165, 1.54) is 5.56 Å². The number of aryl methyl sites for hydroxylation is 1. The van der Waals surface area contributed by atoms with Crippen LogP contribution in [0.5, 0.6) is 0 Å². The van der Waals surface area contributed by atoms with Crippen LogP contribution in [0.3, 0.4) is 0 Å². The number of nitrogens with zero attached hydrogens (tertiary/aromatic N) is 3. The van der Waals surface area contributed by atoms with Crippen LogP contribution < -0.4 is 0 Å². The molecule has 1 heterocycles. The SMILES string of the molecule is CCc1ccccc1-n1c(Cl)nnc1C(C)(C)C. The molecule has 0 radical (unpaired) electrons. The monoisotopic (exact) mass is 263 g/mol. The second-order valence-electron chi connectivity index (χ2n) is 5.36. The third-order valence-electron chi connectivity index (χ3n) is 2.91. The summed E-state index contributed by atoms with van der Waals surface area (Å²) in [5, 5.41) is 8.65. The first-order chi connectivity index (χ1) is 8.45. The van der Waals surface area contributed by atoms with Gasteiger partial charge in [0.25, 0.3) is 0 Å². The molecule has 0 aliphatic heterocycles. The summed E-state index contributed by atoms with van der Waals surface area (Å²) in [6, 6.07) is 8.22. The molecule has 1 aromatic heterocycles. The van der Waals surface area contributed by atoms with Crippen LogP contribution in [0.25, 0.3) is 5.69 Å². The van der Waals surface area contributed by atoms with E-state index in [0.717, 1.165) is 17.9 Å². The van der Waals surface area contributed by atoms with Crippen molar-refractivity contribution in [3.8, 4) is 5.69 Å². The molecule has 3 nitrogen and oxygen atoms in total. The lowest BCUT2D eigenvalue weighted by atomic mass is 9.95. The molecular formula is C14H18ClN3. The van der Waals surface area contributed by atoms with Crippen molar-refractivity contribution in [2.45, 2.75) is 39.5 Å². The van der Waals surface area contributed by atoms with Gasteiger partial charge in [-0.1, -0.05) is 45.9 Å². The number of halogens is 1. The molecule has 0 N–H and O–H groups in total. The molecule has 0 atom stereocenters. The highest BCUT2D eigenvalue weighted by Gasteiger charge is 2.24. The number of hydrogen-bond acceptors (Lipinski definition) is 2. The van der Waals surface area contributed by atoms with Crippen molar-refractivity contribution in [3.05, 3.63) is 40.9 Å². The van der Waals surface area contributed by atoms with Gasteiger partial charge in [0.2, 0.25) is 5.28 Å². The van der Waals surface area contributed by atoms with Crippen LogP contribution in [0.15, 0.2) is 24.3 Å². The number of para-hydroxylation sites is 1. The van der Waals surface area contributed by atoms with Gasteiger partial charge >= 0.3 is 0 Å². The smallest absolute Gasteiger partial charge is 0.229 e. The molecule has 0 unspecified atom stereocenters. The standard InChI is InChI=1S/C14H18ClN3/c1-5-10-8-6-7-9-11(10)18-12(14(2,3)4)16-17-13(18)15/h6-9H,5H2,1-4H3. The molecular weight excluding hydrogens is 246 g/mol. The summed E-state index contributed by atoms with van der Waals surface area (Å²) in [5.41, 5.74) is 2.21. The molecule has 0 bridgehead atoms. The summed E-state index contributed by atoms with van der Waals surface area (Å²) in [6.45, 7) is 8.46. The second kappa shape index (κ2) is 4.73. The average molecular weight is 264 g/mol. The fourth-order valence-corrected chi connectivity index (χ4v) is 2.20. The molecule has 0 saturated carbocycles. The van der Waals surface area contributed by atoms with Crippen molar-refractivity contribution >= 4 is 11.6 Å². The Bertz CT molecular complexity index is 552. The minimum Gasteiger partial charge on any atom is -0.269 e. The van der Waals surface area contributed by atoms with Gasteiger partial charge in [-0.2, -0.15) is 0 Å². The molecule has 0 spiro atoms. The first-order valence-electron chi connectivity index (χ1n) is 6.15. The van der Waals surface area contributed by atoms with Crippen molar-refractivity contribution in [1.29, 1.82) is 0 Å². The molecule has 18 heavy (non-hydrogen) atoms. The quantitative estimate of drug-likeness (QED) is 0.826. The van der Waals surface area contributed by atoms with Crippen molar-refractivity contribution < 1.29 is 0 Å². The maximum atomic E-state index is 6.20. The molecule has 0 aliphatic carbocycles. The van der Waals surface area contributed by atoms with Crippen LogP contribution in [0.1, 0.15) is 39.1 Å². The fourth-order valence-electron chi connectivity index (χ4n) is 1.99. The van der Waals surface area contributed by atoms with Gasteiger partial charge in [-0.05, 0) is 29.7 Å². The third-order valence-corrected chi connectivity index (χ3v) is 3.15. The predicted molar refractivity (Wildman–Crippen MR) is 74.4 cm³/mol. The van der Waals surface area contributed by atoms with Crippen molar-refractivity contribution in [3.63, 3.8) is 0 Å². The predicted octanol–water partition coefficient (Wildman–Crippen LogP) is 3.78. The molecule has 0 amide bonds. The van der Waals surface area contributed by atoms with E-state index in [1.807, 2.05) is 16.7 Å². The Morgan fingerprint density at radius 1 is 1.17 bits per heavy atom. The number of aromatic nitrogens is 3. The first-order valence-corrected chi connectivity index (χ1v) is 6.52. The summed E-state index contributed by atoms with van der Waals surface area (Å²) in [4.78, 5) is 0. The van der Waals surface area contributed by atoms with Gasteiger partial charge in [0.05, 0.1) is 5.69 Å². The zero-order valence-electron chi connectivity index (χ0n) is 11.2. The molecule has 0 aliphatic rings. The Morgan fingerprint density at radius 3 is 2.44 bits per heavy atom. The van der Waals surface area contributed by atoms with E-state index in [-0.39, 0.29) is 5.41 Å². The van der Waals surface area contributed by atoms with Gasteiger partial charge in [0, 0.05) is 5.41 Å². The minimum atomic E-state index is -0.0962. The fraction of sp³-hybridized carbons (Fsp3) is 0.429. The summed E-state index contributed by atoms with van der Waals surface area (Å²) < 4.78 is 1.94. The molecule has 0 fully saturated rings. The minimum absolute atomic E-state index is 0.0962. The Balaban J connectivity index is 2.67. The summed E-state index contributed by atoms with van der Waals surface area (Å²) in [5.74, 6) is 0.883. The maximum absolute atomic E-state index is 6.20. The highest BCUT2D eigenvalue weighted by atomic mass is 35.5. The van der Waals surface area contributed by atoms with Crippen LogP contribution >= 0.6 is 11.6 Å². The summed E-state index contributed by atoms with van der Waals surface area (Å²) >= 11 is 6.20. The highest BCUT2D eigenvalue weighted by Crippen LogP contribution is 2.28. The Morgan fingerprint density at radius 2 is 1.83 bits per heavy atom. The van der Waals surface area contributed by atoms with Crippen LogP contribution in [0.4, 0.5) is 0 Å². The lowest BCUT2D eigenvalue weighted by molar-refractivity contribution is 0.532. The molecule has 0 saturated heterocycles. The van der Waals surface area contributed by atoms with Crippen molar-refractivity contribution in [1.82, 2.24) is 14.8 Å². The molecule has 2 rings (SSSR count). The van der Waals surface area contributed by atoms with Gasteiger partial charge in [-0.25, -0.2) is 0 Å². The zero-order valence-corrected chi connectivity index (χ0v) is 12.0. The van der Waals surface area contributed by atoms with E-state index in [9.17, 15) is 0 Å². The lowest BCUT2D eigenvalue weighted by Crippen LogP contribution is -2.19. The van der Waals surface area contributed by atoms with Gasteiger partial charge in [0.15, 0.2) is 0 Å². The molecule has 96 valence electrons. The average Bonchev–Trinajstić information content (AvgIpc) is 2.70. The summed E-state index contributed by atoms with van der Waals surface area (Å²) in [7, 11) is 0. The van der Waals surface area contributed by atoms with E-state index in [2.05, 4.69) is 50.0 Å². The molecule has 4 heteroatoms. The Hall–Kier alpha value is -1.35. The van der Waals surface area contributed by atoms with Crippen LogP contribution in [-0.4, -0.2) is 14.8 Å². The number of benzene rings is 1. The third kappa shape index (κ3) is 2.27. The lowest BCUT2D eigenvalue weighted by Gasteiger charge is -2.20. The van der Waals surface area contributed by atoms with Gasteiger partial charge in [0.1, 0.15) is 5.82 Å². The Kier molecular flexibility index (Phi) is 3.44. The van der Waals surface area contributed by atoms with Crippen molar-refractivity contribution in [2.24, 2.45) is 0 Å². The maximum Gasteiger partial charge on any atom is 0.229 e. The van der Waals surface area contributed by atoms with Gasteiger partial charge in [-0.3, -0.25) is 4.57 Å².